The second-order valence-electron chi connectivity index (χ2n) is 6.84. The molecule has 20 heavy (non-hydrogen) atoms. The molecule has 0 radical (unpaired) electrons. The fraction of sp³-hybridized carbons (Fsp3) is 0.667. The number of piperazine rings is 1. The van der Waals surface area contributed by atoms with Crippen molar-refractivity contribution in [2.75, 3.05) is 19.6 Å². The number of hydrogen-bond acceptors (Lipinski definition) is 2. The lowest BCUT2D eigenvalue weighted by Crippen LogP contribution is -2.61. The minimum Gasteiger partial charge on any atom is -0.305 e. The summed E-state index contributed by atoms with van der Waals surface area (Å²) in [6.07, 6.45) is 2.56. The van der Waals surface area contributed by atoms with E-state index in [1.54, 1.807) is 0 Å². The molecule has 1 saturated heterocycles. The average molecular weight is 274 g/mol. The zero-order valence-corrected chi connectivity index (χ0v) is 13.5. The van der Waals surface area contributed by atoms with Crippen LogP contribution < -0.4 is 5.32 Å². The standard InChI is InChI=1S/C18H30N2/c1-5-9-17-12-19-18(4,14-20(17)13-15(2)3)16-10-7-6-8-11-16/h6-8,10-11,15,17,19H,5,9,12-14H2,1-4H3. The van der Waals surface area contributed by atoms with E-state index in [4.69, 9.17) is 0 Å². The van der Waals surface area contributed by atoms with Gasteiger partial charge in [-0.2, -0.15) is 0 Å². The molecule has 0 saturated carbocycles. The van der Waals surface area contributed by atoms with Crippen LogP contribution in [0.4, 0.5) is 0 Å². The van der Waals surface area contributed by atoms with Gasteiger partial charge >= 0.3 is 0 Å². The molecule has 2 nitrogen and oxygen atoms in total. The maximum absolute atomic E-state index is 3.81. The van der Waals surface area contributed by atoms with Crippen molar-refractivity contribution >= 4 is 0 Å². The molecule has 112 valence electrons. The number of nitrogens with zero attached hydrogens (tertiary/aromatic N) is 1. The van der Waals surface area contributed by atoms with Crippen LogP contribution in [0, 0.1) is 5.92 Å². The van der Waals surface area contributed by atoms with Gasteiger partial charge in [-0.15, -0.1) is 0 Å². The SMILES string of the molecule is CCCC1CNC(C)(c2ccccc2)CN1CC(C)C. The van der Waals surface area contributed by atoms with Crippen LogP contribution in [0.25, 0.3) is 0 Å². The summed E-state index contributed by atoms with van der Waals surface area (Å²) in [5.41, 5.74) is 1.49. The van der Waals surface area contributed by atoms with Crippen LogP contribution in [0.15, 0.2) is 30.3 Å². The summed E-state index contributed by atoms with van der Waals surface area (Å²) >= 11 is 0. The van der Waals surface area contributed by atoms with Gasteiger partial charge in [0.05, 0.1) is 5.54 Å². The normalized spacial score (nSPS) is 27.9. The molecule has 2 rings (SSSR count). The highest BCUT2D eigenvalue weighted by molar-refractivity contribution is 5.25. The Balaban J connectivity index is 2.15. The molecule has 1 aromatic carbocycles. The molecule has 2 unspecified atom stereocenters. The van der Waals surface area contributed by atoms with E-state index >= 15 is 0 Å². The Hall–Kier alpha value is -0.860. The van der Waals surface area contributed by atoms with Gasteiger partial charge in [0.2, 0.25) is 0 Å². The van der Waals surface area contributed by atoms with E-state index in [1.807, 2.05) is 0 Å². The maximum atomic E-state index is 3.81. The van der Waals surface area contributed by atoms with Crippen molar-refractivity contribution in [1.82, 2.24) is 10.2 Å². The molecule has 1 N–H and O–H groups in total. The molecule has 1 aliphatic rings. The molecule has 0 aliphatic carbocycles. The molecular weight excluding hydrogens is 244 g/mol. The van der Waals surface area contributed by atoms with Crippen LogP contribution in [0.2, 0.25) is 0 Å². The summed E-state index contributed by atoms with van der Waals surface area (Å²) in [5.74, 6) is 0.729. The van der Waals surface area contributed by atoms with E-state index in [-0.39, 0.29) is 5.54 Å². The number of benzene rings is 1. The molecule has 0 bridgehead atoms. The lowest BCUT2D eigenvalue weighted by molar-refractivity contribution is 0.0698. The number of hydrogen-bond donors (Lipinski definition) is 1. The van der Waals surface area contributed by atoms with Crippen molar-refractivity contribution in [2.45, 2.75) is 52.1 Å². The van der Waals surface area contributed by atoms with Crippen molar-refractivity contribution in [3.05, 3.63) is 35.9 Å². The highest BCUT2D eigenvalue weighted by Crippen LogP contribution is 2.28. The van der Waals surface area contributed by atoms with Gasteiger partial charge in [0.15, 0.2) is 0 Å². The van der Waals surface area contributed by atoms with Crippen molar-refractivity contribution < 1.29 is 0 Å². The van der Waals surface area contributed by atoms with Crippen LogP contribution in [0.3, 0.4) is 0 Å². The van der Waals surface area contributed by atoms with Gasteiger partial charge in [-0.05, 0) is 24.8 Å². The van der Waals surface area contributed by atoms with Crippen LogP contribution in [0.1, 0.15) is 46.1 Å². The fourth-order valence-corrected chi connectivity index (χ4v) is 3.36. The smallest absolute Gasteiger partial charge is 0.0535 e. The molecule has 1 aliphatic heterocycles. The van der Waals surface area contributed by atoms with Gasteiger partial charge in [-0.3, -0.25) is 4.90 Å². The first-order valence-electron chi connectivity index (χ1n) is 8.09. The molecular formula is C18H30N2. The summed E-state index contributed by atoms with van der Waals surface area (Å²) in [7, 11) is 0. The molecule has 1 heterocycles. The molecule has 1 fully saturated rings. The summed E-state index contributed by atoms with van der Waals surface area (Å²) in [4.78, 5) is 2.71. The Labute approximate surface area is 124 Å². The van der Waals surface area contributed by atoms with Gasteiger partial charge in [-0.1, -0.05) is 57.5 Å². The summed E-state index contributed by atoms with van der Waals surface area (Å²) < 4.78 is 0. The number of nitrogens with one attached hydrogen (secondary N) is 1. The lowest BCUT2D eigenvalue weighted by Gasteiger charge is -2.47. The number of rotatable bonds is 5. The Kier molecular flexibility index (Phi) is 5.22. The highest BCUT2D eigenvalue weighted by Gasteiger charge is 2.36. The van der Waals surface area contributed by atoms with Crippen LogP contribution >= 0.6 is 0 Å². The predicted molar refractivity (Wildman–Crippen MR) is 86.9 cm³/mol. The lowest BCUT2D eigenvalue weighted by atomic mass is 9.87. The van der Waals surface area contributed by atoms with Gasteiger partial charge in [0, 0.05) is 25.7 Å². The third kappa shape index (κ3) is 3.62. The van der Waals surface area contributed by atoms with E-state index in [9.17, 15) is 0 Å². The Bertz CT molecular complexity index is 401. The Morgan fingerprint density at radius 1 is 1.30 bits per heavy atom. The van der Waals surface area contributed by atoms with E-state index in [0.717, 1.165) is 19.0 Å². The first kappa shape index (κ1) is 15.5. The van der Waals surface area contributed by atoms with Crippen molar-refractivity contribution in [2.24, 2.45) is 5.92 Å². The molecule has 1 aromatic rings. The molecule has 0 aromatic heterocycles. The summed E-state index contributed by atoms with van der Waals surface area (Å²) in [5, 5.41) is 3.81. The van der Waals surface area contributed by atoms with Crippen molar-refractivity contribution in [3.63, 3.8) is 0 Å². The molecule has 2 atom stereocenters. The Morgan fingerprint density at radius 2 is 2.00 bits per heavy atom. The van der Waals surface area contributed by atoms with Crippen molar-refractivity contribution in [1.29, 1.82) is 0 Å². The molecule has 2 heteroatoms. The first-order chi connectivity index (χ1) is 9.55. The largest absolute Gasteiger partial charge is 0.305 e. The monoisotopic (exact) mass is 274 g/mol. The highest BCUT2D eigenvalue weighted by atomic mass is 15.3. The van der Waals surface area contributed by atoms with Gasteiger partial charge in [-0.25, -0.2) is 0 Å². The van der Waals surface area contributed by atoms with Gasteiger partial charge in [0.1, 0.15) is 0 Å². The Morgan fingerprint density at radius 3 is 2.60 bits per heavy atom. The third-order valence-corrected chi connectivity index (χ3v) is 4.40. The summed E-state index contributed by atoms with van der Waals surface area (Å²) in [6.45, 7) is 12.7. The molecule has 0 amide bonds. The van der Waals surface area contributed by atoms with Crippen LogP contribution in [-0.4, -0.2) is 30.6 Å². The third-order valence-electron chi connectivity index (χ3n) is 4.40. The average Bonchev–Trinajstić information content (AvgIpc) is 2.43. The van der Waals surface area contributed by atoms with E-state index in [1.165, 1.54) is 24.9 Å². The second kappa shape index (κ2) is 6.73. The quantitative estimate of drug-likeness (QED) is 0.882. The minimum atomic E-state index is 0.0837. The second-order valence-corrected chi connectivity index (χ2v) is 6.84. The maximum Gasteiger partial charge on any atom is 0.0535 e. The topological polar surface area (TPSA) is 15.3 Å². The van der Waals surface area contributed by atoms with Crippen molar-refractivity contribution in [3.8, 4) is 0 Å². The minimum absolute atomic E-state index is 0.0837. The predicted octanol–water partition coefficient (Wildman–Crippen LogP) is 3.63. The van der Waals surface area contributed by atoms with Gasteiger partial charge < -0.3 is 5.32 Å². The van der Waals surface area contributed by atoms with Crippen LogP contribution in [0.5, 0.6) is 0 Å². The van der Waals surface area contributed by atoms with E-state index in [2.05, 4.69) is 68.2 Å². The summed E-state index contributed by atoms with van der Waals surface area (Å²) in [6, 6.07) is 11.6. The zero-order chi connectivity index (χ0) is 14.6. The van der Waals surface area contributed by atoms with E-state index < -0.39 is 0 Å². The zero-order valence-electron chi connectivity index (χ0n) is 13.5. The first-order valence-corrected chi connectivity index (χ1v) is 8.09. The fourth-order valence-electron chi connectivity index (χ4n) is 3.36. The molecule has 0 spiro atoms. The van der Waals surface area contributed by atoms with E-state index in [0.29, 0.717) is 6.04 Å². The van der Waals surface area contributed by atoms with Gasteiger partial charge in [0.25, 0.3) is 0 Å². The van der Waals surface area contributed by atoms with Crippen LogP contribution in [-0.2, 0) is 5.54 Å².